The zero-order valence-electron chi connectivity index (χ0n) is 13.6. The summed E-state index contributed by atoms with van der Waals surface area (Å²) in [5, 5.41) is 12.7. The lowest BCUT2D eigenvalue weighted by atomic mass is 9.86. The number of hydrogen-bond donors (Lipinski definition) is 2. The number of rotatable bonds is 10. The molecule has 1 rings (SSSR count). The third-order valence-electron chi connectivity index (χ3n) is 3.91. The molecule has 0 radical (unpaired) electrons. The SMILES string of the molecule is CCCCCC(C)(C)CNCC(C(=O)O)c1ccccc1. The van der Waals surface area contributed by atoms with E-state index in [1.165, 1.54) is 25.7 Å². The molecule has 118 valence electrons. The number of carboxylic acid groups (broad SMARTS) is 1. The van der Waals surface area contributed by atoms with Crippen molar-refractivity contribution in [3.05, 3.63) is 35.9 Å². The fourth-order valence-corrected chi connectivity index (χ4v) is 2.53. The number of benzene rings is 1. The summed E-state index contributed by atoms with van der Waals surface area (Å²) in [6, 6.07) is 9.45. The molecule has 0 aliphatic heterocycles. The maximum absolute atomic E-state index is 11.4. The van der Waals surface area contributed by atoms with E-state index in [9.17, 15) is 9.90 Å². The van der Waals surface area contributed by atoms with E-state index < -0.39 is 11.9 Å². The van der Waals surface area contributed by atoms with Crippen LogP contribution in [0.25, 0.3) is 0 Å². The topological polar surface area (TPSA) is 49.3 Å². The molecule has 1 aromatic rings. The first-order valence-corrected chi connectivity index (χ1v) is 7.95. The monoisotopic (exact) mass is 291 g/mol. The Kier molecular flexibility index (Phi) is 7.44. The fraction of sp³-hybridized carbons (Fsp3) is 0.611. The first-order chi connectivity index (χ1) is 9.96. The van der Waals surface area contributed by atoms with Crippen molar-refractivity contribution in [1.29, 1.82) is 0 Å². The average molecular weight is 291 g/mol. The summed E-state index contributed by atoms with van der Waals surface area (Å²) in [6.07, 6.45) is 4.92. The summed E-state index contributed by atoms with van der Waals surface area (Å²) >= 11 is 0. The van der Waals surface area contributed by atoms with Crippen molar-refractivity contribution >= 4 is 5.97 Å². The van der Waals surface area contributed by atoms with Crippen LogP contribution in [-0.4, -0.2) is 24.2 Å². The highest BCUT2D eigenvalue weighted by Crippen LogP contribution is 2.23. The number of carboxylic acids is 1. The van der Waals surface area contributed by atoms with Gasteiger partial charge in [-0.3, -0.25) is 4.79 Å². The van der Waals surface area contributed by atoms with Gasteiger partial charge in [0.15, 0.2) is 0 Å². The lowest BCUT2D eigenvalue weighted by Crippen LogP contribution is -2.34. The van der Waals surface area contributed by atoms with E-state index in [1.54, 1.807) is 0 Å². The molecule has 0 saturated carbocycles. The summed E-state index contributed by atoms with van der Waals surface area (Å²) in [5.74, 6) is -1.24. The van der Waals surface area contributed by atoms with E-state index in [-0.39, 0.29) is 5.41 Å². The van der Waals surface area contributed by atoms with E-state index in [2.05, 4.69) is 26.1 Å². The van der Waals surface area contributed by atoms with Gasteiger partial charge in [0.05, 0.1) is 5.92 Å². The first kappa shape index (κ1) is 17.7. The van der Waals surface area contributed by atoms with Crippen molar-refractivity contribution in [2.75, 3.05) is 13.1 Å². The van der Waals surface area contributed by atoms with Crippen molar-refractivity contribution < 1.29 is 9.90 Å². The molecule has 0 heterocycles. The predicted molar refractivity (Wildman–Crippen MR) is 87.6 cm³/mol. The molecule has 3 heteroatoms. The van der Waals surface area contributed by atoms with E-state index in [1.807, 2.05) is 30.3 Å². The molecule has 1 unspecified atom stereocenters. The van der Waals surface area contributed by atoms with Gasteiger partial charge < -0.3 is 10.4 Å². The highest BCUT2D eigenvalue weighted by molar-refractivity contribution is 5.76. The van der Waals surface area contributed by atoms with E-state index in [4.69, 9.17) is 0 Å². The lowest BCUT2D eigenvalue weighted by molar-refractivity contribution is -0.138. The Labute approximate surface area is 128 Å². The number of unbranched alkanes of at least 4 members (excludes halogenated alkanes) is 2. The summed E-state index contributed by atoms with van der Waals surface area (Å²) < 4.78 is 0. The van der Waals surface area contributed by atoms with Crippen LogP contribution in [0.2, 0.25) is 0 Å². The largest absolute Gasteiger partial charge is 0.481 e. The van der Waals surface area contributed by atoms with Gasteiger partial charge in [-0.25, -0.2) is 0 Å². The molecule has 2 N–H and O–H groups in total. The summed E-state index contributed by atoms with van der Waals surface area (Å²) in [4.78, 5) is 11.4. The molecule has 0 fully saturated rings. The van der Waals surface area contributed by atoms with E-state index in [0.29, 0.717) is 6.54 Å². The van der Waals surface area contributed by atoms with Crippen LogP contribution in [0.4, 0.5) is 0 Å². The minimum absolute atomic E-state index is 0.217. The summed E-state index contributed by atoms with van der Waals surface area (Å²) in [5.41, 5.74) is 1.08. The highest BCUT2D eigenvalue weighted by atomic mass is 16.4. The van der Waals surface area contributed by atoms with E-state index >= 15 is 0 Å². The van der Waals surface area contributed by atoms with Crippen molar-refractivity contribution in [3.8, 4) is 0 Å². The number of nitrogens with one attached hydrogen (secondary N) is 1. The lowest BCUT2D eigenvalue weighted by Gasteiger charge is -2.26. The number of aliphatic carboxylic acids is 1. The van der Waals surface area contributed by atoms with Gasteiger partial charge in [0.1, 0.15) is 0 Å². The van der Waals surface area contributed by atoms with Crippen LogP contribution >= 0.6 is 0 Å². The van der Waals surface area contributed by atoms with Gasteiger partial charge in [-0.1, -0.05) is 70.4 Å². The highest BCUT2D eigenvalue weighted by Gasteiger charge is 2.22. The molecule has 0 aromatic heterocycles. The molecule has 0 aliphatic carbocycles. The minimum atomic E-state index is -0.766. The second kappa shape index (κ2) is 8.83. The van der Waals surface area contributed by atoms with Gasteiger partial charge in [-0.2, -0.15) is 0 Å². The Hall–Kier alpha value is -1.35. The standard InChI is InChI=1S/C18H29NO2/c1-4-5-9-12-18(2,3)14-19-13-16(17(20)21)15-10-7-6-8-11-15/h6-8,10-11,16,19H,4-5,9,12-14H2,1-3H3,(H,20,21). The Morgan fingerprint density at radius 2 is 1.90 bits per heavy atom. The Balaban J connectivity index is 2.46. The van der Waals surface area contributed by atoms with E-state index in [0.717, 1.165) is 12.1 Å². The van der Waals surface area contributed by atoms with Crippen LogP contribution in [-0.2, 0) is 4.79 Å². The molecule has 1 aromatic carbocycles. The maximum atomic E-state index is 11.4. The second-order valence-electron chi connectivity index (χ2n) is 6.55. The molecule has 0 spiro atoms. The Morgan fingerprint density at radius 1 is 1.24 bits per heavy atom. The van der Waals surface area contributed by atoms with Crippen molar-refractivity contribution in [2.24, 2.45) is 5.41 Å². The zero-order chi connectivity index (χ0) is 15.7. The normalized spacial score (nSPS) is 13.1. The number of hydrogen-bond acceptors (Lipinski definition) is 2. The molecule has 0 saturated heterocycles. The Bertz CT molecular complexity index is 414. The van der Waals surface area contributed by atoms with Gasteiger partial charge in [0.2, 0.25) is 0 Å². The first-order valence-electron chi connectivity index (χ1n) is 7.95. The minimum Gasteiger partial charge on any atom is -0.481 e. The molecule has 21 heavy (non-hydrogen) atoms. The van der Waals surface area contributed by atoms with Crippen LogP contribution in [0.3, 0.4) is 0 Å². The predicted octanol–water partition coefficient (Wildman–Crippen LogP) is 4.05. The molecule has 3 nitrogen and oxygen atoms in total. The van der Waals surface area contributed by atoms with Crippen molar-refractivity contribution in [2.45, 2.75) is 52.4 Å². The third-order valence-corrected chi connectivity index (χ3v) is 3.91. The van der Waals surface area contributed by atoms with Gasteiger partial charge in [-0.05, 0) is 17.4 Å². The maximum Gasteiger partial charge on any atom is 0.312 e. The third kappa shape index (κ3) is 6.76. The number of carbonyl (C=O) groups is 1. The van der Waals surface area contributed by atoms with Gasteiger partial charge >= 0.3 is 5.97 Å². The zero-order valence-corrected chi connectivity index (χ0v) is 13.6. The van der Waals surface area contributed by atoms with Gasteiger partial charge in [0, 0.05) is 13.1 Å². The van der Waals surface area contributed by atoms with Crippen LogP contribution in [0, 0.1) is 5.41 Å². The van der Waals surface area contributed by atoms with Gasteiger partial charge in [0.25, 0.3) is 0 Å². The van der Waals surface area contributed by atoms with Crippen LogP contribution in [0.1, 0.15) is 57.9 Å². The Morgan fingerprint density at radius 3 is 2.48 bits per heavy atom. The van der Waals surface area contributed by atoms with Crippen LogP contribution in [0.5, 0.6) is 0 Å². The fourth-order valence-electron chi connectivity index (χ4n) is 2.53. The molecule has 0 amide bonds. The quantitative estimate of drug-likeness (QED) is 0.639. The van der Waals surface area contributed by atoms with Crippen molar-refractivity contribution in [1.82, 2.24) is 5.32 Å². The average Bonchev–Trinajstić information content (AvgIpc) is 2.44. The smallest absolute Gasteiger partial charge is 0.312 e. The van der Waals surface area contributed by atoms with Gasteiger partial charge in [-0.15, -0.1) is 0 Å². The summed E-state index contributed by atoms with van der Waals surface area (Å²) in [7, 11) is 0. The molecule has 0 bridgehead atoms. The molecular weight excluding hydrogens is 262 g/mol. The molecule has 0 aliphatic rings. The second-order valence-corrected chi connectivity index (χ2v) is 6.55. The summed E-state index contributed by atoms with van der Waals surface area (Å²) in [6.45, 7) is 8.04. The van der Waals surface area contributed by atoms with Crippen LogP contribution < -0.4 is 5.32 Å². The molecular formula is C18H29NO2. The molecule has 1 atom stereocenters. The van der Waals surface area contributed by atoms with Crippen molar-refractivity contribution in [3.63, 3.8) is 0 Å². The van der Waals surface area contributed by atoms with Crippen LogP contribution in [0.15, 0.2) is 30.3 Å².